The molecule has 1 aromatic carbocycles. The lowest BCUT2D eigenvalue weighted by atomic mass is 9.86. The molecule has 0 amide bonds. The molecular weight excluding hydrogens is 236 g/mol. The highest BCUT2D eigenvalue weighted by Gasteiger charge is 2.26. The van der Waals surface area contributed by atoms with Crippen molar-refractivity contribution in [3.8, 4) is 0 Å². The first-order valence-electron chi connectivity index (χ1n) is 6.45. The van der Waals surface area contributed by atoms with Gasteiger partial charge in [0, 0.05) is 0 Å². The van der Waals surface area contributed by atoms with Crippen LogP contribution in [0.2, 0.25) is 0 Å². The maximum Gasteiger partial charge on any atom is 0.338 e. The molecular formula is C17H16O2. The van der Waals surface area contributed by atoms with E-state index in [4.69, 9.17) is 4.74 Å². The summed E-state index contributed by atoms with van der Waals surface area (Å²) in [5.74, 6) is 0.220. The largest absolute Gasteiger partial charge is 0.465 e. The lowest BCUT2D eigenvalue weighted by molar-refractivity contribution is -0.135. The smallest absolute Gasteiger partial charge is 0.338 e. The molecule has 0 N–H and O–H groups in total. The van der Waals surface area contributed by atoms with Gasteiger partial charge in [-0.2, -0.15) is 0 Å². The van der Waals surface area contributed by atoms with Gasteiger partial charge in [-0.1, -0.05) is 37.8 Å². The average molecular weight is 252 g/mol. The van der Waals surface area contributed by atoms with Gasteiger partial charge in [0.1, 0.15) is 0 Å². The van der Waals surface area contributed by atoms with Crippen LogP contribution in [0.25, 0.3) is 17.7 Å². The first-order valence-corrected chi connectivity index (χ1v) is 6.45. The molecule has 2 aliphatic carbocycles. The predicted molar refractivity (Wildman–Crippen MR) is 77.4 cm³/mol. The zero-order valence-corrected chi connectivity index (χ0v) is 11.2. The second-order valence-corrected chi connectivity index (χ2v) is 5.16. The van der Waals surface area contributed by atoms with E-state index in [0.717, 1.165) is 23.1 Å². The van der Waals surface area contributed by atoms with Crippen LogP contribution < -0.4 is 0 Å². The van der Waals surface area contributed by atoms with Crippen LogP contribution in [0, 0.1) is 5.92 Å². The third-order valence-electron chi connectivity index (χ3n) is 3.87. The molecule has 0 spiro atoms. The van der Waals surface area contributed by atoms with E-state index in [2.05, 4.69) is 31.7 Å². The van der Waals surface area contributed by atoms with Gasteiger partial charge in [0.15, 0.2) is 0 Å². The van der Waals surface area contributed by atoms with Gasteiger partial charge in [-0.05, 0) is 46.2 Å². The summed E-state index contributed by atoms with van der Waals surface area (Å²) in [6.07, 6.45) is 7.32. The molecule has 2 aliphatic rings. The average Bonchev–Trinajstić information content (AvgIpc) is 2.76. The quantitative estimate of drug-likeness (QED) is 0.715. The summed E-state index contributed by atoms with van der Waals surface area (Å²) < 4.78 is 4.82. The summed E-state index contributed by atoms with van der Waals surface area (Å²) >= 11 is 0. The Morgan fingerprint density at radius 2 is 2.21 bits per heavy atom. The molecule has 1 atom stereocenters. The molecule has 2 heteroatoms. The van der Waals surface area contributed by atoms with E-state index in [9.17, 15) is 4.79 Å². The van der Waals surface area contributed by atoms with Gasteiger partial charge in [0.05, 0.1) is 12.7 Å². The Balaban J connectivity index is 2.16. The van der Waals surface area contributed by atoms with Crippen LogP contribution in [0.5, 0.6) is 0 Å². The Bertz CT molecular complexity index is 647. The molecule has 0 saturated heterocycles. The van der Waals surface area contributed by atoms with Gasteiger partial charge in [0.25, 0.3) is 0 Å². The lowest BCUT2D eigenvalue weighted by Crippen LogP contribution is -2.05. The van der Waals surface area contributed by atoms with E-state index >= 15 is 0 Å². The highest BCUT2D eigenvalue weighted by atomic mass is 16.5. The third-order valence-corrected chi connectivity index (χ3v) is 3.87. The molecule has 19 heavy (non-hydrogen) atoms. The molecule has 1 aromatic rings. The third kappa shape index (κ3) is 1.75. The molecule has 96 valence electrons. The summed E-state index contributed by atoms with van der Waals surface area (Å²) in [5, 5.41) is 0. The van der Waals surface area contributed by atoms with E-state index < -0.39 is 0 Å². The molecule has 0 aromatic heterocycles. The first kappa shape index (κ1) is 12.0. The van der Waals surface area contributed by atoms with Crippen molar-refractivity contribution in [3.63, 3.8) is 0 Å². The van der Waals surface area contributed by atoms with Gasteiger partial charge in [-0.25, -0.2) is 4.79 Å². The van der Waals surface area contributed by atoms with E-state index in [0.29, 0.717) is 11.5 Å². The lowest BCUT2D eigenvalue weighted by Gasteiger charge is -2.18. The zero-order valence-electron chi connectivity index (χ0n) is 11.2. The van der Waals surface area contributed by atoms with Crippen LogP contribution in [0.4, 0.5) is 0 Å². The number of benzene rings is 1. The van der Waals surface area contributed by atoms with Crippen molar-refractivity contribution in [2.75, 3.05) is 7.11 Å². The number of hydrogen-bond donors (Lipinski definition) is 0. The fourth-order valence-corrected chi connectivity index (χ4v) is 2.82. The van der Waals surface area contributed by atoms with Crippen LogP contribution in [-0.2, 0) is 16.0 Å². The van der Waals surface area contributed by atoms with E-state index in [1.165, 1.54) is 18.2 Å². The Labute approximate surface area is 113 Å². The van der Waals surface area contributed by atoms with Crippen LogP contribution in [-0.4, -0.2) is 13.1 Å². The van der Waals surface area contributed by atoms with Gasteiger partial charge in [-0.15, -0.1) is 0 Å². The minimum atomic E-state index is -0.311. The number of carbonyl (C=O) groups excluding carboxylic acids is 1. The fraction of sp³-hybridized carbons (Fsp3) is 0.235. The summed E-state index contributed by atoms with van der Waals surface area (Å²) in [5.41, 5.74) is 6.10. The van der Waals surface area contributed by atoms with Gasteiger partial charge in [0.2, 0.25) is 0 Å². The Morgan fingerprint density at radius 1 is 1.42 bits per heavy atom. The summed E-state index contributed by atoms with van der Waals surface area (Å²) in [4.78, 5) is 11.8. The van der Waals surface area contributed by atoms with Crippen molar-refractivity contribution in [2.24, 2.45) is 5.92 Å². The molecule has 0 bridgehead atoms. The van der Waals surface area contributed by atoms with Crippen molar-refractivity contribution in [1.29, 1.82) is 0 Å². The first-order chi connectivity index (χ1) is 9.11. The number of allylic oxidation sites excluding steroid dienone is 1. The number of rotatable bonds is 1. The predicted octanol–water partition coefficient (Wildman–Crippen LogP) is 3.48. The van der Waals surface area contributed by atoms with Crippen molar-refractivity contribution >= 4 is 23.7 Å². The molecule has 0 heterocycles. The van der Waals surface area contributed by atoms with Crippen molar-refractivity contribution < 1.29 is 9.53 Å². The number of hydrogen-bond acceptors (Lipinski definition) is 2. The molecule has 0 radical (unpaired) electrons. The SMILES string of the molecule is C=C1C(C(=O)OC)=Cc2c1ccc1c2CC(C)C=C1. The van der Waals surface area contributed by atoms with Crippen molar-refractivity contribution in [2.45, 2.75) is 13.3 Å². The van der Waals surface area contributed by atoms with E-state index in [1.807, 2.05) is 12.1 Å². The Morgan fingerprint density at radius 3 is 2.95 bits per heavy atom. The van der Waals surface area contributed by atoms with Crippen LogP contribution in [0.1, 0.15) is 29.2 Å². The van der Waals surface area contributed by atoms with Gasteiger partial charge in [-0.3, -0.25) is 0 Å². The Hall–Kier alpha value is -2.09. The standard InChI is InChI=1S/C17H16O2/c1-10-4-5-12-6-7-13-11(2)14(17(18)19-3)9-16(13)15(12)8-10/h4-7,9-10H,2,8H2,1,3H3. The van der Waals surface area contributed by atoms with Crippen LogP contribution >= 0.6 is 0 Å². The number of fused-ring (bicyclic) bond motifs is 3. The molecule has 1 unspecified atom stereocenters. The van der Waals surface area contributed by atoms with Gasteiger partial charge < -0.3 is 4.74 Å². The normalized spacial score (nSPS) is 19.8. The van der Waals surface area contributed by atoms with Gasteiger partial charge >= 0.3 is 5.97 Å². The minimum absolute atomic E-state index is 0.311. The Kier molecular flexibility index (Phi) is 2.67. The van der Waals surface area contributed by atoms with E-state index in [-0.39, 0.29) is 5.97 Å². The minimum Gasteiger partial charge on any atom is -0.465 e. The number of carbonyl (C=O) groups is 1. The summed E-state index contributed by atoms with van der Waals surface area (Å²) in [6, 6.07) is 4.15. The number of esters is 1. The van der Waals surface area contributed by atoms with Crippen molar-refractivity contribution in [3.05, 3.63) is 52.6 Å². The number of ether oxygens (including phenoxy) is 1. The van der Waals surface area contributed by atoms with Crippen LogP contribution in [0.3, 0.4) is 0 Å². The highest BCUT2D eigenvalue weighted by Crippen LogP contribution is 2.40. The van der Waals surface area contributed by atoms with E-state index in [1.54, 1.807) is 0 Å². The molecule has 0 saturated carbocycles. The highest BCUT2D eigenvalue weighted by molar-refractivity contribution is 6.14. The molecule has 3 rings (SSSR count). The summed E-state index contributed by atoms with van der Waals surface area (Å²) in [7, 11) is 1.40. The molecule has 0 aliphatic heterocycles. The molecule has 0 fully saturated rings. The fourth-order valence-electron chi connectivity index (χ4n) is 2.82. The topological polar surface area (TPSA) is 26.3 Å². The summed E-state index contributed by atoms with van der Waals surface area (Å²) in [6.45, 7) is 6.23. The maximum atomic E-state index is 11.8. The van der Waals surface area contributed by atoms with Crippen LogP contribution in [0.15, 0.2) is 30.4 Å². The number of methoxy groups -OCH3 is 1. The van der Waals surface area contributed by atoms with Crippen molar-refractivity contribution in [1.82, 2.24) is 0 Å². The second kappa shape index (κ2) is 4.23. The monoisotopic (exact) mass is 252 g/mol. The second-order valence-electron chi connectivity index (χ2n) is 5.16. The maximum absolute atomic E-state index is 11.8. The zero-order chi connectivity index (χ0) is 13.6. The molecule has 2 nitrogen and oxygen atoms in total.